The standard InChI is InChI=1S/C14H20N2O3Si/c1-10(20(2,3)4)19-9-16-12-8-6-5-7-11(12)13(17)15-14(16)18/h5-8,10H,9H2,1-4H3,(H,15,17,18). The highest BCUT2D eigenvalue weighted by Crippen LogP contribution is 2.12. The molecule has 5 nitrogen and oxygen atoms in total. The lowest BCUT2D eigenvalue weighted by molar-refractivity contribution is 0.0564. The molecule has 108 valence electrons. The molecule has 0 saturated heterocycles. The second-order valence-corrected chi connectivity index (χ2v) is 11.6. The number of nitrogens with one attached hydrogen (secondary N) is 1. The minimum Gasteiger partial charge on any atom is -0.361 e. The predicted octanol–water partition coefficient (Wildman–Crippen LogP) is 1.93. The molecule has 2 aromatic rings. The fourth-order valence-corrected chi connectivity index (χ4v) is 2.38. The number of ether oxygens (including phenoxy) is 1. The van der Waals surface area contributed by atoms with Gasteiger partial charge >= 0.3 is 5.69 Å². The van der Waals surface area contributed by atoms with Gasteiger partial charge in [-0.25, -0.2) is 4.79 Å². The molecule has 0 saturated carbocycles. The van der Waals surface area contributed by atoms with Gasteiger partial charge in [0.2, 0.25) is 0 Å². The third kappa shape index (κ3) is 2.91. The average Bonchev–Trinajstić information content (AvgIpc) is 2.37. The maximum atomic E-state index is 12.0. The van der Waals surface area contributed by atoms with E-state index < -0.39 is 13.8 Å². The summed E-state index contributed by atoms with van der Waals surface area (Å²) in [4.78, 5) is 26.0. The summed E-state index contributed by atoms with van der Waals surface area (Å²) in [5.74, 6) is 0. The molecule has 0 spiro atoms. The van der Waals surface area contributed by atoms with Crippen molar-refractivity contribution in [2.75, 3.05) is 0 Å². The van der Waals surface area contributed by atoms with Crippen LogP contribution < -0.4 is 11.2 Å². The fourth-order valence-electron chi connectivity index (χ4n) is 1.81. The van der Waals surface area contributed by atoms with Gasteiger partial charge in [0.1, 0.15) is 6.73 Å². The van der Waals surface area contributed by atoms with Crippen LogP contribution in [0, 0.1) is 0 Å². The summed E-state index contributed by atoms with van der Waals surface area (Å²) in [7, 11) is -1.42. The molecule has 1 atom stereocenters. The number of aromatic nitrogens is 2. The third-order valence-corrected chi connectivity index (χ3v) is 6.18. The second-order valence-electron chi connectivity index (χ2n) is 6.01. The molecule has 0 amide bonds. The molecule has 1 aromatic carbocycles. The van der Waals surface area contributed by atoms with Crippen LogP contribution in [0.15, 0.2) is 33.9 Å². The number of aromatic amines is 1. The predicted molar refractivity (Wildman–Crippen MR) is 82.7 cm³/mol. The van der Waals surface area contributed by atoms with E-state index in [4.69, 9.17) is 4.74 Å². The molecule has 2 rings (SSSR count). The SMILES string of the molecule is CC(OCn1c(=O)[nH]c(=O)c2ccccc21)[Si](C)(C)C. The minimum absolute atomic E-state index is 0.125. The van der Waals surface area contributed by atoms with Gasteiger partial charge in [-0.05, 0) is 19.1 Å². The molecule has 20 heavy (non-hydrogen) atoms. The lowest BCUT2D eigenvalue weighted by Crippen LogP contribution is -2.40. The summed E-state index contributed by atoms with van der Waals surface area (Å²) in [5.41, 5.74) is -0.0688. The van der Waals surface area contributed by atoms with Gasteiger partial charge in [-0.3, -0.25) is 14.3 Å². The normalized spacial score (nSPS) is 13.6. The lowest BCUT2D eigenvalue weighted by atomic mass is 10.2. The summed E-state index contributed by atoms with van der Waals surface area (Å²) < 4.78 is 7.29. The maximum Gasteiger partial charge on any atom is 0.330 e. The van der Waals surface area contributed by atoms with Gasteiger partial charge in [0.05, 0.1) is 19.0 Å². The van der Waals surface area contributed by atoms with Crippen LogP contribution >= 0.6 is 0 Å². The number of hydrogen-bond donors (Lipinski definition) is 1. The Morgan fingerprint density at radius 3 is 2.55 bits per heavy atom. The second kappa shape index (κ2) is 5.38. The summed E-state index contributed by atoms with van der Waals surface area (Å²) in [5, 5.41) is 0.497. The molecule has 6 heteroatoms. The largest absolute Gasteiger partial charge is 0.361 e. The van der Waals surface area contributed by atoms with E-state index in [1.54, 1.807) is 24.3 Å². The zero-order valence-corrected chi connectivity index (χ0v) is 13.3. The molecule has 0 fully saturated rings. The van der Waals surface area contributed by atoms with Crippen molar-refractivity contribution in [1.29, 1.82) is 0 Å². The Morgan fingerprint density at radius 2 is 1.90 bits per heavy atom. The van der Waals surface area contributed by atoms with Crippen LogP contribution in [-0.2, 0) is 11.5 Å². The Labute approximate surface area is 118 Å². The van der Waals surface area contributed by atoms with Crippen molar-refractivity contribution < 1.29 is 4.74 Å². The smallest absolute Gasteiger partial charge is 0.330 e. The van der Waals surface area contributed by atoms with Crippen molar-refractivity contribution >= 4 is 19.0 Å². The van der Waals surface area contributed by atoms with Crippen molar-refractivity contribution in [2.24, 2.45) is 0 Å². The molecule has 0 aliphatic rings. The summed E-state index contributed by atoms with van der Waals surface area (Å²) in [6.45, 7) is 8.83. The highest BCUT2D eigenvalue weighted by atomic mass is 28.3. The van der Waals surface area contributed by atoms with E-state index in [-0.39, 0.29) is 18.0 Å². The highest BCUT2D eigenvalue weighted by Gasteiger charge is 2.23. The first kappa shape index (κ1) is 14.7. The van der Waals surface area contributed by atoms with E-state index in [0.717, 1.165) is 0 Å². The van der Waals surface area contributed by atoms with Crippen LogP contribution in [0.25, 0.3) is 10.9 Å². The van der Waals surface area contributed by atoms with Crippen molar-refractivity contribution in [3.63, 3.8) is 0 Å². The monoisotopic (exact) mass is 292 g/mol. The number of fused-ring (bicyclic) bond motifs is 1. The quantitative estimate of drug-likeness (QED) is 0.876. The van der Waals surface area contributed by atoms with Crippen LogP contribution in [0.3, 0.4) is 0 Å². The fraction of sp³-hybridized carbons (Fsp3) is 0.429. The number of para-hydroxylation sites is 1. The first-order chi connectivity index (χ1) is 9.30. The van der Waals surface area contributed by atoms with Gasteiger partial charge in [0.25, 0.3) is 5.56 Å². The van der Waals surface area contributed by atoms with E-state index in [1.165, 1.54) is 4.57 Å². The van der Waals surface area contributed by atoms with Crippen molar-refractivity contribution in [1.82, 2.24) is 9.55 Å². The van der Waals surface area contributed by atoms with Gasteiger partial charge in [-0.2, -0.15) is 0 Å². The van der Waals surface area contributed by atoms with Crippen molar-refractivity contribution in [3.05, 3.63) is 45.1 Å². The van der Waals surface area contributed by atoms with Crippen LogP contribution in [0.2, 0.25) is 19.6 Å². The van der Waals surface area contributed by atoms with E-state index in [0.29, 0.717) is 10.9 Å². The van der Waals surface area contributed by atoms with Gasteiger partial charge in [0, 0.05) is 5.73 Å². The van der Waals surface area contributed by atoms with Crippen LogP contribution in [0.5, 0.6) is 0 Å². The molecular weight excluding hydrogens is 272 g/mol. The summed E-state index contributed by atoms with van der Waals surface area (Å²) in [6, 6.07) is 7.04. The summed E-state index contributed by atoms with van der Waals surface area (Å²) >= 11 is 0. The van der Waals surface area contributed by atoms with Crippen LogP contribution in [0.1, 0.15) is 6.92 Å². The lowest BCUT2D eigenvalue weighted by Gasteiger charge is -2.25. The summed E-state index contributed by atoms with van der Waals surface area (Å²) in [6.07, 6.45) is 0. The van der Waals surface area contributed by atoms with E-state index >= 15 is 0 Å². The minimum atomic E-state index is -1.42. The number of H-pyrrole nitrogens is 1. The molecule has 1 unspecified atom stereocenters. The Kier molecular flexibility index (Phi) is 3.96. The average molecular weight is 292 g/mol. The molecule has 0 bridgehead atoms. The van der Waals surface area contributed by atoms with Gasteiger partial charge in [-0.1, -0.05) is 31.8 Å². The van der Waals surface area contributed by atoms with Crippen molar-refractivity contribution in [2.45, 2.75) is 39.0 Å². The molecule has 1 heterocycles. The van der Waals surface area contributed by atoms with Crippen LogP contribution in [0.4, 0.5) is 0 Å². The Hall–Kier alpha value is -1.66. The molecule has 1 aromatic heterocycles. The maximum absolute atomic E-state index is 12.0. The molecular formula is C14H20N2O3Si. The number of nitrogens with zero attached hydrogens (tertiary/aromatic N) is 1. The Bertz CT molecular complexity index is 728. The first-order valence-electron chi connectivity index (χ1n) is 6.64. The van der Waals surface area contributed by atoms with Gasteiger partial charge in [0.15, 0.2) is 0 Å². The molecule has 0 aliphatic carbocycles. The Balaban J connectivity index is 2.40. The zero-order valence-electron chi connectivity index (χ0n) is 12.3. The van der Waals surface area contributed by atoms with E-state index in [1.807, 2.05) is 6.92 Å². The van der Waals surface area contributed by atoms with Gasteiger partial charge in [-0.15, -0.1) is 0 Å². The molecule has 1 N–H and O–H groups in total. The number of rotatable bonds is 4. The topological polar surface area (TPSA) is 64.1 Å². The highest BCUT2D eigenvalue weighted by molar-refractivity contribution is 6.77. The zero-order chi connectivity index (χ0) is 14.9. The van der Waals surface area contributed by atoms with E-state index in [9.17, 15) is 9.59 Å². The van der Waals surface area contributed by atoms with Gasteiger partial charge < -0.3 is 4.74 Å². The number of benzene rings is 1. The Morgan fingerprint density at radius 1 is 1.25 bits per heavy atom. The van der Waals surface area contributed by atoms with E-state index in [2.05, 4.69) is 24.6 Å². The van der Waals surface area contributed by atoms with Crippen LogP contribution in [-0.4, -0.2) is 23.4 Å². The molecule has 0 radical (unpaired) electrons. The molecule has 0 aliphatic heterocycles. The first-order valence-corrected chi connectivity index (χ1v) is 10.2. The van der Waals surface area contributed by atoms with Crippen molar-refractivity contribution in [3.8, 4) is 0 Å². The third-order valence-electron chi connectivity index (χ3n) is 3.58. The number of hydrogen-bond acceptors (Lipinski definition) is 3.